The van der Waals surface area contributed by atoms with Crippen molar-refractivity contribution in [3.63, 3.8) is 0 Å². The number of hydrogen-bond donors (Lipinski definition) is 1. The Labute approximate surface area is 57.3 Å². The van der Waals surface area contributed by atoms with Crippen LogP contribution in [0.2, 0.25) is 0 Å². The van der Waals surface area contributed by atoms with Crippen molar-refractivity contribution in [1.82, 2.24) is 5.43 Å². The Hall–Kier alpha value is -1.33. The summed E-state index contributed by atoms with van der Waals surface area (Å²) < 4.78 is 4.21. The highest BCUT2D eigenvalue weighted by Crippen LogP contribution is 1.83. The minimum absolute atomic E-state index is 0.656. The van der Waals surface area contributed by atoms with E-state index in [1.165, 1.54) is 14.0 Å². The number of rotatable bonds is 3. The van der Waals surface area contributed by atoms with E-state index in [4.69, 9.17) is 0 Å². The van der Waals surface area contributed by atoms with Crippen LogP contribution in [0, 0.1) is 10.1 Å². The molecule has 0 bridgehead atoms. The number of carbonyl (C=O) groups is 1. The Kier molecular flexibility index (Phi) is 3.16. The van der Waals surface area contributed by atoms with E-state index >= 15 is 0 Å². The third kappa shape index (κ3) is 2.85. The molecular weight excluding hydrogens is 140 g/mol. The lowest BCUT2D eigenvalue weighted by atomic mass is 10.4. The number of hydrazine groups is 1. The Morgan fingerprint density at radius 1 is 1.80 bits per heavy atom. The standard InChI is InChI=1S/C4H8N2O4/c1-3(4(7)10-2)5-6(8)9/h3,5H,1-2H3/t3-/m0/s1. The highest BCUT2D eigenvalue weighted by atomic mass is 16.7. The molecule has 0 saturated carbocycles. The predicted octanol–water partition coefficient (Wildman–Crippen LogP) is -0.671. The van der Waals surface area contributed by atoms with Crippen LogP contribution in [0.25, 0.3) is 0 Å². The van der Waals surface area contributed by atoms with Crippen molar-refractivity contribution in [3.05, 3.63) is 10.1 Å². The van der Waals surface area contributed by atoms with Crippen LogP contribution in [-0.4, -0.2) is 24.2 Å². The third-order valence-electron chi connectivity index (χ3n) is 0.854. The lowest BCUT2D eigenvalue weighted by Crippen LogP contribution is -2.38. The number of nitro groups is 1. The summed E-state index contributed by atoms with van der Waals surface area (Å²) in [5.74, 6) is -0.656. The molecule has 0 unspecified atom stereocenters. The molecule has 0 aliphatic carbocycles. The fourth-order valence-corrected chi connectivity index (χ4v) is 0.388. The number of nitrogens with zero attached hydrogens (tertiary/aromatic N) is 1. The van der Waals surface area contributed by atoms with Crippen LogP contribution in [0.15, 0.2) is 0 Å². The van der Waals surface area contributed by atoms with Crippen LogP contribution in [0.3, 0.4) is 0 Å². The van der Waals surface area contributed by atoms with Crippen molar-refractivity contribution in [2.24, 2.45) is 0 Å². The molecule has 0 aliphatic heterocycles. The van der Waals surface area contributed by atoms with Gasteiger partial charge >= 0.3 is 5.97 Å². The molecule has 0 saturated heterocycles. The van der Waals surface area contributed by atoms with Gasteiger partial charge in [-0.25, -0.2) is 14.9 Å². The summed E-state index contributed by atoms with van der Waals surface area (Å²) in [7, 11) is 1.17. The Morgan fingerprint density at radius 2 is 2.30 bits per heavy atom. The van der Waals surface area contributed by atoms with E-state index in [0.29, 0.717) is 0 Å². The van der Waals surface area contributed by atoms with Crippen molar-refractivity contribution < 1.29 is 14.6 Å². The van der Waals surface area contributed by atoms with E-state index in [9.17, 15) is 14.9 Å². The fraction of sp³-hybridized carbons (Fsp3) is 0.750. The first-order valence-electron chi connectivity index (χ1n) is 2.56. The largest absolute Gasteiger partial charge is 0.467 e. The molecule has 1 N–H and O–H groups in total. The number of carbonyl (C=O) groups excluding carboxylic acids is 1. The van der Waals surface area contributed by atoms with Crippen LogP contribution in [0.4, 0.5) is 0 Å². The second-order valence-electron chi connectivity index (χ2n) is 1.63. The molecule has 1 atom stereocenters. The number of esters is 1. The molecule has 0 radical (unpaired) electrons. The van der Waals surface area contributed by atoms with Gasteiger partial charge in [0.05, 0.1) is 7.11 Å². The van der Waals surface area contributed by atoms with E-state index in [0.717, 1.165) is 0 Å². The smallest absolute Gasteiger partial charge is 0.333 e. The number of ether oxygens (including phenoxy) is 1. The molecule has 6 heteroatoms. The molecule has 0 amide bonds. The SMILES string of the molecule is COC(=O)[C@H](C)N[N+](=O)[O-]. The Balaban J connectivity index is 3.72. The maximum Gasteiger partial charge on any atom is 0.333 e. The molecule has 0 spiro atoms. The van der Waals surface area contributed by atoms with Gasteiger partial charge < -0.3 is 4.74 Å². The number of nitrogens with one attached hydrogen (secondary N) is 1. The zero-order valence-corrected chi connectivity index (χ0v) is 5.66. The van der Waals surface area contributed by atoms with E-state index in [-0.39, 0.29) is 0 Å². The molecule has 0 aromatic carbocycles. The van der Waals surface area contributed by atoms with Crippen molar-refractivity contribution in [1.29, 1.82) is 0 Å². The molecule has 0 fully saturated rings. The average molecular weight is 148 g/mol. The van der Waals surface area contributed by atoms with Crippen molar-refractivity contribution in [2.75, 3.05) is 7.11 Å². The van der Waals surface area contributed by atoms with Gasteiger partial charge in [-0.15, -0.1) is 5.43 Å². The van der Waals surface area contributed by atoms with Gasteiger partial charge in [0.25, 0.3) is 0 Å². The van der Waals surface area contributed by atoms with Crippen LogP contribution in [-0.2, 0) is 9.53 Å². The molecule has 0 heterocycles. The maximum atomic E-state index is 10.5. The van der Waals surface area contributed by atoms with Gasteiger partial charge in [-0.05, 0) is 6.92 Å². The summed E-state index contributed by atoms with van der Waals surface area (Å²) in [5, 5.41) is 8.93. The van der Waals surface area contributed by atoms with Crippen LogP contribution < -0.4 is 5.43 Å². The van der Waals surface area contributed by atoms with Crippen molar-refractivity contribution in [3.8, 4) is 0 Å². The minimum atomic E-state index is -0.903. The molecule has 58 valence electrons. The summed E-state index contributed by atoms with van der Waals surface area (Å²) >= 11 is 0. The maximum absolute atomic E-state index is 10.5. The number of methoxy groups -OCH3 is 1. The normalized spacial score (nSPS) is 11.8. The highest BCUT2D eigenvalue weighted by molar-refractivity contribution is 5.74. The third-order valence-corrected chi connectivity index (χ3v) is 0.854. The lowest BCUT2D eigenvalue weighted by Gasteiger charge is -2.03. The van der Waals surface area contributed by atoms with Gasteiger partial charge in [0.1, 0.15) is 0 Å². The monoisotopic (exact) mass is 148 g/mol. The number of hydrogen-bond acceptors (Lipinski definition) is 4. The van der Waals surface area contributed by atoms with E-state index in [1.807, 2.05) is 0 Å². The zero-order chi connectivity index (χ0) is 8.15. The van der Waals surface area contributed by atoms with Crippen molar-refractivity contribution in [2.45, 2.75) is 13.0 Å². The minimum Gasteiger partial charge on any atom is -0.467 e. The van der Waals surface area contributed by atoms with Crippen LogP contribution >= 0.6 is 0 Å². The molecule has 0 aliphatic rings. The second-order valence-corrected chi connectivity index (χ2v) is 1.63. The molecule has 6 nitrogen and oxygen atoms in total. The van der Waals surface area contributed by atoms with Crippen LogP contribution in [0.1, 0.15) is 6.92 Å². The lowest BCUT2D eigenvalue weighted by molar-refractivity contribution is -0.548. The van der Waals surface area contributed by atoms with Crippen molar-refractivity contribution >= 4 is 5.97 Å². The highest BCUT2D eigenvalue weighted by Gasteiger charge is 2.16. The van der Waals surface area contributed by atoms with Gasteiger partial charge in [0.2, 0.25) is 0 Å². The van der Waals surface area contributed by atoms with Gasteiger partial charge in [-0.3, -0.25) is 0 Å². The van der Waals surface area contributed by atoms with Crippen LogP contribution in [0.5, 0.6) is 0 Å². The molecule has 0 aromatic rings. The Morgan fingerprint density at radius 3 is 2.60 bits per heavy atom. The molecule has 10 heavy (non-hydrogen) atoms. The Bertz CT molecular complexity index is 146. The first-order valence-corrected chi connectivity index (χ1v) is 2.56. The summed E-state index contributed by atoms with van der Waals surface area (Å²) in [6.45, 7) is 1.34. The van der Waals surface area contributed by atoms with Gasteiger partial charge in [-0.2, -0.15) is 0 Å². The predicted molar refractivity (Wildman–Crippen MR) is 31.6 cm³/mol. The molecule has 0 rings (SSSR count). The molecular formula is C4H8N2O4. The van der Waals surface area contributed by atoms with Gasteiger partial charge in [-0.1, -0.05) is 0 Å². The summed E-state index contributed by atoms with van der Waals surface area (Å²) in [5.41, 5.74) is 1.74. The summed E-state index contributed by atoms with van der Waals surface area (Å²) in [6, 6.07) is -0.903. The first kappa shape index (κ1) is 8.67. The van der Waals surface area contributed by atoms with E-state index in [2.05, 4.69) is 4.74 Å². The van der Waals surface area contributed by atoms with E-state index in [1.54, 1.807) is 5.43 Å². The second kappa shape index (κ2) is 3.65. The fourth-order valence-electron chi connectivity index (χ4n) is 0.388. The zero-order valence-electron chi connectivity index (χ0n) is 5.66. The summed E-state index contributed by atoms with van der Waals surface area (Å²) in [6.07, 6.45) is 0. The van der Waals surface area contributed by atoms with Gasteiger partial charge in [0, 0.05) is 0 Å². The topological polar surface area (TPSA) is 81.5 Å². The van der Waals surface area contributed by atoms with Gasteiger partial charge in [0.15, 0.2) is 11.1 Å². The molecule has 0 aromatic heterocycles. The first-order chi connectivity index (χ1) is 4.57. The summed E-state index contributed by atoms with van der Waals surface area (Å²) in [4.78, 5) is 20.2. The quantitative estimate of drug-likeness (QED) is 0.326. The average Bonchev–Trinajstić information content (AvgIpc) is 1.85. The van der Waals surface area contributed by atoms with E-state index < -0.39 is 17.0 Å².